The summed E-state index contributed by atoms with van der Waals surface area (Å²) in [6.07, 6.45) is 3.92. The minimum absolute atomic E-state index is 0.817. The molecule has 0 saturated carbocycles. The second-order valence-electron chi connectivity index (χ2n) is 4.45. The van der Waals surface area contributed by atoms with Crippen LogP contribution in [0.1, 0.15) is 24.0 Å². The monoisotopic (exact) mass is 220 g/mol. The Morgan fingerprint density at radius 1 is 1.27 bits per heavy atom. The quantitative estimate of drug-likeness (QED) is 0.711. The summed E-state index contributed by atoms with van der Waals surface area (Å²) in [5.41, 5.74) is 2.95. The molecule has 2 heteroatoms. The lowest BCUT2D eigenvalue weighted by atomic mass is 10.1. The lowest BCUT2D eigenvalue weighted by molar-refractivity contribution is 0.286. The zero-order valence-electron chi connectivity index (χ0n) is 9.54. The topological polar surface area (TPSA) is 9.23 Å². The van der Waals surface area contributed by atoms with Crippen molar-refractivity contribution in [2.75, 3.05) is 6.61 Å². The van der Waals surface area contributed by atoms with Gasteiger partial charge in [0.05, 0.1) is 0 Å². The van der Waals surface area contributed by atoms with Crippen LogP contribution in [0.15, 0.2) is 24.3 Å². The fraction of sp³-hybridized carbons (Fsp3) is 0.538. The maximum atomic E-state index is 5.88. The van der Waals surface area contributed by atoms with Crippen molar-refractivity contribution in [3.8, 4) is 0 Å². The van der Waals surface area contributed by atoms with E-state index in [4.69, 9.17) is 4.43 Å². The molecule has 1 fully saturated rings. The molecule has 0 N–H and O–H groups in total. The third kappa shape index (κ3) is 3.18. The highest BCUT2D eigenvalue weighted by Gasteiger charge is 2.15. The van der Waals surface area contributed by atoms with E-state index in [1.54, 1.807) is 0 Å². The Balaban J connectivity index is 1.84. The average molecular weight is 220 g/mol. The number of hydrogen-bond donors (Lipinski definition) is 0. The summed E-state index contributed by atoms with van der Waals surface area (Å²) in [6, 6.07) is 11.4. The maximum Gasteiger partial charge on any atom is 0.177 e. The minimum Gasteiger partial charge on any atom is -0.420 e. The third-order valence-corrected chi connectivity index (χ3v) is 5.96. The number of rotatable bonds is 3. The fourth-order valence-corrected chi connectivity index (χ4v) is 4.74. The predicted molar refractivity (Wildman–Crippen MR) is 66.8 cm³/mol. The van der Waals surface area contributed by atoms with Crippen molar-refractivity contribution in [1.29, 1.82) is 0 Å². The van der Waals surface area contributed by atoms with Gasteiger partial charge in [0.1, 0.15) is 0 Å². The molecule has 1 aromatic rings. The summed E-state index contributed by atoms with van der Waals surface area (Å²) < 4.78 is 5.88. The Labute approximate surface area is 94.2 Å². The maximum absolute atomic E-state index is 5.88. The van der Waals surface area contributed by atoms with Crippen molar-refractivity contribution in [2.24, 2.45) is 0 Å². The highest BCUT2D eigenvalue weighted by molar-refractivity contribution is 6.52. The molecule has 1 unspecified atom stereocenters. The van der Waals surface area contributed by atoms with Gasteiger partial charge in [-0.3, -0.25) is 0 Å². The largest absolute Gasteiger partial charge is 0.420 e. The van der Waals surface area contributed by atoms with Crippen LogP contribution in [-0.4, -0.2) is 15.6 Å². The molecule has 1 atom stereocenters. The van der Waals surface area contributed by atoms with Gasteiger partial charge in [-0.2, -0.15) is 0 Å². The molecule has 0 aliphatic carbocycles. The molecule has 0 spiro atoms. The Kier molecular flexibility index (Phi) is 3.98. The van der Waals surface area contributed by atoms with Crippen molar-refractivity contribution in [1.82, 2.24) is 0 Å². The van der Waals surface area contributed by atoms with Crippen molar-refractivity contribution >= 4 is 9.04 Å². The molecule has 0 radical (unpaired) electrons. The highest BCUT2D eigenvalue weighted by Crippen LogP contribution is 2.17. The van der Waals surface area contributed by atoms with E-state index in [1.807, 2.05) is 0 Å². The van der Waals surface area contributed by atoms with Crippen LogP contribution in [-0.2, 0) is 10.8 Å². The molecule has 1 aliphatic heterocycles. The van der Waals surface area contributed by atoms with E-state index in [1.165, 1.54) is 42.5 Å². The Hall–Kier alpha value is -0.603. The van der Waals surface area contributed by atoms with Gasteiger partial charge < -0.3 is 4.43 Å². The van der Waals surface area contributed by atoms with Gasteiger partial charge in [-0.05, 0) is 43.0 Å². The van der Waals surface area contributed by atoms with Crippen LogP contribution < -0.4 is 0 Å². The smallest absolute Gasteiger partial charge is 0.177 e. The predicted octanol–water partition coefficient (Wildman–Crippen LogP) is 3.07. The van der Waals surface area contributed by atoms with E-state index in [0.29, 0.717) is 0 Å². The number of aryl methyl sites for hydroxylation is 2. The van der Waals surface area contributed by atoms with Gasteiger partial charge in [0.15, 0.2) is 9.04 Å². The lowest BCUT2D eigenvalue weighted by Gasteiger charge is -2.21. The van der Waals surface area contributed by atoms with Crippen molar-refractivity contribution in [2.45, 2.75) is 38.3 Å². The van der Waals surface area contributed by atoms with Crippen LogP contribution >= 0.6 is 0 Å². The number of hydrogen-bond acceptors (Lipinski definition) is 1. The van der Waals surface area contributed by atoms with Gasteiger partial charge in [-0.25, -0.2) is 0 Å². The van der Waals surface area contributed by atoms with Gasteiger partial charge in [-0.15, -0.1) is 0 Å². The first-order chi connectivity index (χ1) is 7.36. The zero-order valence-corrected chi connectivity index (χ0v) is 10.7. The molecule has 1 aliphatic rings. The molecular formula is C13H20OSi. The second-order valence-corrected chi connectivity index (χ2v) is 7.19. The Bertz CT molecular complexity index is 305. The van der Waals surface area contributed by atoms with E-state index < -0.39 is 9.04 Å². The van der Waals surface area contributed by atoms with Gasteiger partial charge in [0, 0.05) is 6.61 Å². The first kappa shape index (κ1) is 10.9. The summed E-state index contributed by atoms with van der Waals surface area (Å²) in [7, 11) is -0.817. The molecule has 1 nitrogen and oxygen atoms in total. The standard InChI is InChI=1S/C13H20OSi/c1-12-6-2-3-7-13(12)8-11-15-10-5-4-9-14-15/h2-3,6-7,15H,4-5,8-11H2,1H3. The molecule has 82 valence electrons. The summed E-state index contributed by atoms with van der Waals surface area (Å²) in [5, 5.41) is 0. The van der Waals surface area contributed by atoms with Gasteiger partial charge in [0.2, 0.25) is 0 Å². The second kappa shape index (κ2) is 5.47. The highest BCUT2D eigenvalue weighted by atomic mass is 28.3. The molecule has 15 heavy (non-hydrogen) atoms. The summed E-state index contributed by atoms with van der Waals surface area (Å²) in [5.74, 6) is 0. The first-order valence-electron chi connectivity index (χ1n) is 6.02. The number of benzene rings is 1. The molecule has 2 rings (SSSR count). The molecular weight excluding hydrogens is 200 g/mol. The van der Waals surface area contributed by atoms with E-state index in [-0.39, 0.29) is 0 Å². The lowest BCUT2D eigenvalue weighted by Crippen LogP contribution is -2.23. The van der Waals surface area contributed by atoms with Crippen LogP contribution in [0.4, 0.5) is 0 Å². The summed E-state index contributed by atoms with van der Waals surface area (Å²) in [4.78, 5) is 0. The normalized spacial score (nSPS) is 21.5. The van der Waals surface area contributed by atoms with Crippen LogP contribution in [0.25, 0.3) is 0 Å². The Morgan fingerprint density at radius 2 is 2.13 bits per heavy atom. The van der Waals surface area contributed by atoms with Crippen LogP contribution in [0.5, 0.6) is 0 Å². The molecule has 1 saturated heterocycles. The van der Waals surface area contributed by atoms with Gasteiger partial charge >= 0.3 is 0 Å². The molecule has 0 bridgehead atoms. The van der Waals surface area contributed by atoms with Crippen LogP contribution in [0.3, 0.4) is 0 Å². The minimum atomic E-state index is -0.817. The van der Waals surface area contributed by atoms with Crippen molar-refractivity contribution < 1.29 is 4.43 Å². The van der Waals surface area contributed by atoms with Gasteiger partial charge in [0.25, 0.3) is 0 Å². The molecule has 0 amide bonds. The molecule has 1 heterocycles. The van der Waals surface area contributed by atoms with E-state index in [0.717, 1.165) is 6.61 Å². The van der Waals surface area contributed by atoms with Crippen LogP contribution in [0, 0.1) is 6.92 Å². The van der Waals surface area contributed by atoms with Gasteiger partial charge in [-0.1, -0.05) is 30.7 Å². The van der Waals surface area contributed by atoms with Crippen LogP contribution in [0.2, 0.25) is 12.1 Å². The van der Waals surface area contributed by atoms with E-state index in [9.17, 15) is 0 Å². The zero-order chi connectivity index (χ0) is 10.5. The van der Waals surface area contributed by atoms with E-state index >= 15 is 0 Å². The first-order valence-corrected chi connectivity index (χ1v) is 8.13. The summed E-state index contributed by atoms with van der Waals surface area (Å²) >= 11 is 0. The Morgan fingerprint density at radius 3 is 2.87 bits per heavy atom. The third-order valence-electron chi connectivity index (χ3n) is 3.27. The average Bonchev–Trinajstić information content (AvgIpc) is 2.29. The fourth-order valence-electron chi connectivity index (χ4n) is 2.24. The van der Waals surface area contributed by atoms with E-state index in [2.05, 4.69) is 31.2 Å². The molecule has 0 aromatic heterocycles. The molecule has 1 aromatic carbocycles. The van der Waals surface area contributed by atoms with Crippen molar-refractivity contribution in [3.05, 3.63) is 35.4 Å². The summed E-state index contributed by atoms with van der Waals surface area (Å²) in [6.45, 7) is 3.24. The SMILES string of the molecule is Cc1ccccc1CC[SiH]1CCCCO1. The van der Waals surface area contributed by atoms with Crippen molar-refractivity contribution in [3.63, 3.8) is 0 Å².